The molecule has 1 aliphatic carbocycles. The Morgan fingerprint density at radius 2 is 2.05 bits per heavy atom. The molecule has 0 spiro atoms. The summed E-state index contributed by atoms with van der Waals surface area (Å²) in [4.78, 5) is 2.31. The summed E-state index contributed by atoms with van der Waals surface area (Å²) in [6.07, 6.45) is -1.84. The highest BCUT2D eigenvalue weighted by Crippen LogP contribution is 2.38. The maximum atomic E-state index is 12.9. The summed E-state index contributed by atoms with van der Waals surface area (Å²) < 4.78 is 48.9. The largest absolute Gasteiger partial charge is 0.496 e. The molecule has 0 aromatic heterocycles. The fourth-order valence-corrected chi connectivity index (χ4v) is 2.43. The van der Waals surface area contributed by atoms with E-state index in [4.69, 9.17) is 9.47 Å². The predicted octanol–water partition coefficient (Wildman–Crippen LogP) is 3.19. The molecule has 0 amide bonds. The minimum atomic E-state index is -4.44. The van der Waals surface area contributed by atoms with Gasteiger partial charge in [-0.1, -0.05) is 0 Å². The van der Waals surface area contributed by atoms with Crippen molar-refractivity contribution < 1.29 is 22.6 Å². The molecule has 0 N–H and O–H groups in total. The highest BCUT2D eigenvalue weighted by atomic mass is 19.4. The quantitative estimate of drug-likeness (QED) is 0.753. The Morgan fingerprint density at radius 1 is 1.29 bits per heavy atom. The highest BCUT2D eigenvalue weighted by Gasteiger charge is 2.39. The number of ether oxygens (including phenoxy) is 2. The molecule has 1 heterocycles. The van der Waals surface area contributed by atoms with Crippen LogP contribution in [0.1, 0.15) is 18.4 Å². The van der Waals surface area contributed by atoms with E-state index in [1.54, 1.807) is 0 Å². The van der Waals surface area contributed by atoms with Gasteiger partial charge in [-0.25, -0.2) is 0 Å². The Labute approximate surface area is 121 Å². The van der Waals surface area contributed by atoms with E-state index in [-0.39, 0.29) is 11.5 Å². The lowest BCUT2D eigenvalue weighted by Gasteiger charge is -2.14. The molecular formula is C15H18F3NO2. The first kappa shape index (κ1) is 14.5. The average Bonchev–Trinajstić information content (AvgIpc) is 3.34. The molecule has 2 atom stereocenters. The second-order valence-corrected chi connectivity index (χ2v) is 5.72. The molecule has 21 heavy (non-hydrogen) atoms. The molecule has 1 aliphatic heterocycles. The Balaban J connectivity index is 1.58. The Hall–Kier alpha value is -1.43. The van der Waals surface area contributed by atoms with Crippen molar-refractivity contribution in [1.29, 1.82) is 0 Å². The molecule has 1 saturated carbocycles. The van der Waals surface area contributed by atoms with Gasteiger partial charge in [-0.2, -0.15) is 13.2 Å². The lowest BCUT2D eigenvalue weighted by Crippen LogP contribution is -2.13. The summed E-state index contributed by atoms with van der Waals surface area (Å²) >= 11 is 0. The third kappa shape index (κ3) is 3.61. The van der Waals surface area contributed by atoms with Gasteiger partial charge in [-0.05, 0) is 37.0 Å². The molecule has 1 aromatic carbocycles. The van der Waals surface area contributed by atoms with E-state index < -0.39 is 11.7 Å². The van der Waals surface area contributed by atoms with Crippen molar-refractivity contribution in [2.75, 3.05) is 26.8 Å². The van der Waals surface area contributed by atoms with Crippen LogP contribution >= 0.6 is 0 Å². The maximum absolute atomic E-state index is 12.9. The summed E-state index contributed by atoms with van der Waals surface area (Å²) in [5.74, 6) is 0.880. The van der Waals surface area contributed by atoms with Gasteiger partial charge in [0.1, 0.15) is 23.7 Å². The van der Waals surface area contributed by atoms with Crippen LogP contribution in [-0.2, 0) is 6.18 Å². The van der Waals surface area contributed by atoms with Gasteiger partial charge >= 0.3 is 6.18 Å². The second-order valence-electron chi connectivity index (χ2n) is 5.72. The number of nitrogens with zero attached hydrogens (tertiary/aromatic N) is 1. The minimum absolute atomic E-state index is 0.184. The molecule has 2 unspecified atom stereocenters. The minimum Gasteiger partial charge on any atom is -0.496 e. The van der Waals surface area contributed by atoms with Crippen LogP contribution in [-0.4, -0.2) is 37.7 Å². The first-order chi connectivity index (χ1) is 9.97. The van der Waals surface area contributed by atoms with Crippen molar-refractivity contribution in [2.45, 2.75) is 25.1 Å². The summed E-state index contributed by atoms with van der Waals surface area (Å²) in [6, 6.07) is 4.17. The third-order valence-corrected chi connectivity index (χ3v) is 3.94. The zero-order valence-electron chi connectivity index (χ0n) is 11.8. The van der Waals surface area contributed by atoms with E-state index in [2.05, 4.69) is 4.90 Å². The summed E-state index contributed by atoms with van der Waals surface area (Å²) in [6.45, 7) is 2.53. The van der Waals surface area contributed by atoms with E-state index in [0.29, 0.717) is 12.6 Å². The molecule has 0 bridgehead atoms. The van der Waals surface area contributed by atoms with Crippen molar-refractivity contribution in [3.05, 3.63) is 23.8 Å². The number of hydrogen-bond acceptors (Lipinski definition) is 3. The monoisotopic (exact) mass is 301 g/mol. The number of rotatable bonds is 6. The Morgan fingerprint density at radius 3 is 2.67 bits per heavy atom. The fraction of sp³-hybridized carbons (Fsp3) is 0.600. The first-order valence-corrected chi connectivity index (χ1v) is 7.09. The van der Waals surface area contributed by atoms with Crippen LogP contribution in [0.3, 0.4) is 0 Å². The van der Waals surface area contributed by atoms with Crippen LogP contribution in [0.5, 0.6) is 11.5 Å². The molecule has 3 nitrogen and oxygen atoms in total. The number of hydrogen-bond donors (Lipinski definition) is 0. The standard InChI is InChI=1S/C15H18F3NO2/c1-20-14-5-4-12(6-13(14)15(16,17)18)21-9-11-8-19(11)7-10-2-3-10/h4-6,10-11H,2-3,7-9H2,1H3. The van der Waals surface area contributed by atoms with Crippen molar-refractivity contribution in [3.8, 4) is 11.5 Å². The topological polar surface area (TPSA) is 21.5 Å². The van der Waals surface area contributed by atoms with E-state index >= 15 is 0 Å². The third-order valence-electron chi connectivity index (χ3n) is 3.94. The fourth-order valence-electron chi connectivity index (χ4n) is 2.43. The molecular weight excluding hydrogens is 283 g/mol. The first-order valence-electron chi connectivity index (χ1n) is 7.09. The second kappa shape index (κ2) is 5.40. The molecule has 1 saturated heterocycles. The van der Waals surface area contributed by atoms with E-state index in [1.165, 1.54) is 32.1 Å². The molecule has 1 aromatic rings. The number of halogens is 3. The lowest BCUT2D eigenvalue weighted by molar-refractivity contribution is -0.138. The van der Waals surface area contributed by atoms with Gasteiger partial charge in [0, 0.05) is 13.1 Å². The normalized spacial score (nSPS) is 24.8. The van der Waals surface area contributed by atoms with Crippen molar-refractivity contribution in [2.24, 2.45) is 5.92 Å². The smallest absolute Gasteiger partial charge is 0.420 e. The number of benzene rings is 1. The van der Waals surface area contributed by atoms with E-state index in [1.807, 2.05) is 0 Å². The molecule has 2 aliphatic rings. The van der Waals surface area contributed by atoms with Crippen LogP contribution in [0.4, 0.5) is 13.2 Å². The van der Waals surface area contributed by atoms with E-state index in [9.17, 15) is 13.2 Å². The summed E-state index contributed by atoms with van der Waals surface area (Å²) in [5.41, 5.74) is -0.798. The van der Waals surface area contributed by atoms with Crippen LogP contribution in [0.15, 0.2) is 18.2 Å². The van der Waals surface area contributed by atoms with Crippen molar-refractivity contribution >= 4 is 0 Å². The van der Waals surface area contributed by atoms with Gasteiger partial charge < -0.3 is 9.47 Å². The summed E-state index contributed by atoms with van der Waals surface area (Å²) in [5, 5.41) is 0. The molecule has 3 rings (SSSR count). The van der Waals surface area contributed by atoms with Gasteiger partial charge in [0.25, 0.3) is 0 Å². The average molecular weight is 301 g/mol. The zero-order chi connectivity index (χ0) is 15.0. The maximum Gasteiger partial charge on any atom is 0.420 e. The molecule has 2 fully saturated rings. The van der Waals surface area contributed by atoms with Gasteiger partial charge in [0.15, 0.2) is 0 Å². The van der Waals surface area contributed by atoms with Crippen LogP contribution in [0.2, 0.25) is 0 Å². The zero-order valence-corrected chi connectivity index (χ0v) is 11.8. The van der Waals surface area contributed by atoms with Crippen molar-refractivity contribution in [1.82, 2.24) is 4.90 Å². The highest BCUT2D eigenvalue weighted by molar-refractivity contribution is 5.42. The van der Waals surface area contributed by atoms with Gasteiger partial charge in [0.05, 0.1) is 13.2 Å². The van der Waals surface area contributed by atoms with Crippen LogP contribution in [0.25, 0.3) is 0 Å². The predicted molar refractivity (Wildman–Crippen MR) is 71.6 cm³/mol. The van der Waals surface area contributed by atoms with Gasteiger partial charge in [0.2, 0.25) is 0 Å². The van der Waals surface area contributed by atoms with Crippen molar-refractivity contribution in [3.63, 3.8) is 0 Å². The van der Waals surface area contributed by atoms with Crippen LogP contribution in [0, 0.1) is 5.92 Å². The number of methoxy groups -OCH3 is 1. The van der Waals surface area contributed by atoms with Crippen LogP contribution < -0.4 is 9.47 Å². The Bertz CT molecular complexity index is 514. The Kier molecular flexibility index (Phi) is 3.73. The SMILES string of the molecule is COc1ccc(OCC2CN2CC2CC2)cc1C(F)(F)F. The van der Waals surface area contributed by atoms with Gasteiger partial charge in [-0.15, -0.1) is 0 Å². The summed E-state index contributed by atoms with van der Waals surface area (Å²) in [7, 11) is 1.23. The molecule has 116 valence electrons. The van der Waals surface area contributed by atoms with Gasteiger partial charge in [-0.3, -0.25) is 4.90 Å². The number of alkyl halides is 3. The molecule has 6 heteroatoms. The lowest BCUT2D eigenvalue weighted by atomic mass is 10.2. The van der Waals surface area contributed by atoms with E-state index in [0.717, 1.165) is 25.1 Å². The molecule has 0 radical (unpaired) electrons.